The van der Waals surface area contributed by atoms with Crippen LogP contribution >= 0.6 is 0 Å². The highest BCUT2D eigenvalue weighted by Gasteiger charge is 2.22. The number of ether oxygens (including phenoxy) is 2. The molecule has 0 aliphatic heterocycles. The zero-order valence-corrected chi connectivity index (χ0v) is 14.8. The molecule has 26 heavy (non-hydrogen) atoms. The summed E-state index contributed by atoms with van der Waals surface area (Å²) in [5.74, 6) is -0.974. The van der Waals surface area contributed by atoms with Gasteiger partial charge in [0.1, 0.15) is 17.4 Å². The van der Waals surface area contributed by atoms with Crippen molar-refractivity contribution in [3.63, 3.8) is 0 Å². The Morgan fingerprint density at radius 2 is 2.08 bits per heavy atom. The number of nitrogens with zero attached hydrogens (tertiary/aromatic N) is 4. The van der Waals surface area contributed by atoms with Crippen LogP contribution in [0, 0.1) is 5.82 Å². The highest BCUT2D eigenvalue weighted by Crippen LogP contribution is 2.20. The van der Waals surface area contributed by atoms with E-state index in [2.05, 4.69) is 15.0 Å². The fourth-order valence-corrected chi connectivity index (χ4v) is 2.65. The van der Waals surface area contributed by atoms with Gasteiger partial charge in [0.25, 0.3) is 0 Å². The number of methoxy groups -OCH3 is 1. The van der Waals surface area contributed by atoms with Gasteiger partial charge < -0.3 is 14.0 Å². The standard InChI is InChI=1S/C18H19FN4O3/c1-4-23-16-14(9-20-18(22-16)26-11(2)10-25-3)21-17(23)15(24)12-7-5-6-8-13(12)19/h5-9,11H,4,10H2,1-3H3/t11-/m1/s1. The van der Waals surface area contributed by atoms with Gasteiger partial charge in [-0.2, -0.15) is 4.98 Å². The minimum atomic E-state index is -0.587. The summed E-state index contributed by atoms with van der Waals surface area (Å²) in [5.41, 5.74) is 0.871. The quantitative estimate of drug-likeness (QED) is 0.604. The lowest BCUT2D eigenvalue weighted by Gasteiger charge is -2.11. The first-order valence-electron chi connectivity index (χ1n) is 8.23. The van der Waals surface area contributed by atoms with Crippen LogP contribution in [0.2, 0.25) is 0 Å². The third kappa shape index (κ3) is 3.41. The van der Waals surface area contributed by atoms with Crippen LogP contribution in [0.5, 0.6) is 6.01 Å². The van der Waals surface area contributed by atoms with Gasteiger partial charge in [-0.1, -0.05) is 12.1 Å². The van der Waals surface area contributed by atoms with Gasteiger partial charge >= 0.3 is 6.01 Å². The van der Waals surface area contributed by atoms with Crippen molar-refractivity contribution in [3.8, 4) is 6.01 Å². The Morgan fingerprint density at radius 1 is 1.31 bits per heavy atom. The zero-order chi connectivity index (χ0) is 18.7. The minimum absolute atomic E-state index is 0.0318. The molecule has 0 aliphatic carbocycles. The van der Waals surface area contributed by atoms with Crippen molar-refractivity contribution in [2.45, 2.75) is 26.5 Å². The maximum Gasteiger partial charge on any atom is 0.318 e. The predicted octanol–water partition coefficient (Wildman–Crippen LogP) is 2.63. The second-order valence-corrected chi connectivity index (χ2v) is 5.73. The van der Waals surface area contributed by atoms with E-state index in [0.29, 0.717) is 24.3 Å². The van der Waals surface area contributed by atoms with Crippen LogP contribution in [0.1, 0.15) is 30.0 Å². The molecular formula is C18H19FN4O3. The molecule has 2 aromatic heterocycles. The molecule has 2 heterocycles. The minimum Gasteiger partial charge on any atom is -0.458 e. The van der Waals surface area contributed by atoms with Crippen LogP contribution in [0.4, 0.5) is 4.39 Å². The van der Waals surface area contributed by atoms with E-state index < -0.39 is 11.6 Å². The van der Waals surface area contributed by atoms with Gasteiger partial charge in [-0.25, -0.2) is 14.4 Å². The van der Waals surface area contributed by atoms with E-state index in [1.807, 2.05) is 13.8 Å². The van der Waals surface area contributed by atoms with Crippen molar-refractivity contribution < 1.29 is 18.7 Å². The third-order valence-electron chi connectivity index (χ3n) is 3.81. The molecule has 136 valence electrons. The maximum atomic E-state index is 14.0. The topological polar surface area (TPSA) is 79.1 Å². The van der Waals surface area contributed by atoms with E-state index >= 15 is 0 Å². The summed E-state index contributed by atoms with van der Waals surface area (Å²) < 4.78 is 26.2. The van der Waals surface area contributed by atoms with Gasteiger partial charge in [0.05, 0.1) is 18.4 Å². The highest BCUT2D eigenvalue weighted by atomic mass is 19.1. The number of benzene rings is 1. The smallest absolute Gasteiger partial charge is 0.318 e. The van der Waals surface area contributed by atoms with Crippen LogP contribution in [0.3, 0.4) is 0 Å². The van der Waals surface area contributed by atoms with Gasteiger partial charge in [-0.3, -0.25) is 4.79 Å². The Hall–Kier alpha value is -2.87. The summed E-state index contributed by atoms with van der Waals surface area (Å²) in [5, 5.41) is 0. The maximum absolute atomic E-state index is 14.0. The molecule has 0 fully saturated rings. The van der Waals surface area contributed by atoms with Gasteiger partial charge in [0.2, 0.25) is 5.78 Å². The molecule has 1 aromatic carbocycles. The number of hydrogen-bond acceptors (Lipinski definition) is 6. The lowest BCUT2D eigenvalue weighted by molar-refractivity contribution is 0.0857. The molecule has 0 amide bonds. The SMILES string of the molecule is CCn1c(C(=O)c2ccccc2F)nc2cnc(O[C@H](C)COC)nc21. The molecule has 0 aliphatic rings. The molecule has 0 bridgehead atoms. The van der Waals surface area contributed by atoms with E-state index in [1.165, 1.54) is 24.4 Å². The number of carbonyl (C=O) groups excluding carboxylic acids is 1. The molecule has 0 saturated carbocycles. The Labute approximate surface area is 149 Å². The number of imidazole rings is 1. The van der Waals surface area contributed by atoms with Crippen molar-refractivity contribution in [2.75, 3.05) is 13.7 Å². The number of aromatic nitrogens is 4. The number of halogens is 1. The monoisotopic (exact) mass is 358 g/mol. The fraction of sp³-hybridized carbons (Fsp3) is 0.333. The average Bonchev–Trinajstić information content (AvgIpc) is 2.99. The van der Waals surface area contributed by atoms with Crippen molar-refractivity contribution in [1.82, 2.24) is 19.5 Å². The first-order chi connectivity index (χ1) is 12.5. The molecular weight excluding hydrogens is 339 g/mol. The fourth-order valence-electron chi connectivity index (χ4n) is 2.65. The molecule has 3 rings (SSSR count). The summed E-state index contributed by atoms with van der Waals surface area (Å²) in [6.45, 7) is 4.53. The number of fused-ring (bicyclic) bond motifs is 1. The number of rotatable bonds is 7. The third-order valence-corrected chi connectivity index (χ3v) is 3.81. The van der Waals surface area contributed by atoms with Crippen LogP contribution in [-0.4, -0.2) is 45.1 Å². The molecule has 0 radical (unpaired) electrons. The summed E-state index contributed by atoms with van der Waals surface area (Å²) in [6, 6.07) is 5.99. The molecule has 0 spiro atoms. The molecule has 0 N–H and O–H groups in total. The molecule has 0 saturated heterocycles. The molecule has 7 nitrogen and oxygen atoms in total. The zero-order valence-electron chi connectivity index (χ0n) is 14.8. The Kier molecular flexibility index (Phi) is 5.22. The van der Waals surface area contributed by atoms with E-state index in [0.717, 1.165) is 0 Å². The lowest BCUT2D eigenvalue weighted by atomic mass is 10.1. The van der Waals surface area contributed by atoms with Crippen LogP contribution in [0.15, 0.2) is 30.5 Å². The molecule has 1 atom stereocenters. The van der Waals surface area contributed by atoms with E-state index in [4.69, 9.17) is 9.47 Å². The molecule has 0 unspecified atom stereocenters. The summed E-state index contributed by atoms with van der Waals surface area (Å²) in [7, 11) is 1.58. The average molecular weight is 358 g/mol. The second kappa shape index (κ2) is 7.57. The Bertz CT molecular complexity index is 941. The van der Waals surface area contributed by atoms with Crippen molar-refractivity contribution in [3.05, 3.63) is 47.7 Å². The number of aryl methyl sites for hydroxylation is 1. The summed E-state index contributed by atoms with van der Waals surface area (Å²) in [6.07, 6.45) is 1.26. The first-order valence-corrected chi connectivity index (χ1v) is 8.23. The van der Waals surface area contributed by atoms with Gasteiger partial charge in [0.15, 0.2) is 11.5 Å². The van der Waals surface area contributed by atoms with Crippen LogP contribution < -0.4 is 4.74 Å². The van der Waals surface area contributed by atoms with Crippen molar-refractivity contribution in [2.24, 2.45) is 0 Å². The first kappa shape index (κ1) is 17.9. The van der Waals surface area contributed by atoms with E-state index in [-0.39, 0.29) is 23.5 Å². The normalized spacial score (nSPS) is 12.3. The summed E-state index contributed by atoms with van der Waals surface area (Å²) in [4.78, 5) is 25.5. The second-order valence-electron chi connectivity index (χ2n) is 5.73. The number of hydrogen-bond donors (Lipinski definition) is 0. The number of ketones is 1. The van der Waals surface area contributed by atoms with Gasteiger partial charge in [0, 0.05) is 13.7 Å². The number of carbonyl (C=O) groups is 1. The molecule has 8 heteroatoms. The summed E-state index contributed by atoms with van der Waals surface area (Å²) >= 11 is 0. The Balaban J connectivity index is 2.02. The van der Waals surface area contributed by atoms with Crippen LogP contribution in [0.25, 0.3) is 11.2 Å². The Morgan fingerprint density at radius 3 is 2.77 bits per heavy atom. The lowest BCUT2D eigenvalue weighted by Crippen LogP contribution is -2.19. The largest absolute Gasteiger partial charge is 0.458 e. The molecule has 3 aromatic rings. The highest BCUT2D eigenvalue weighted by molar-refractivity contribution is 6.08. The van der Waals surface area contributed by atoms with Crippen molar-refractivity contribution in [1.29, 1.82) is 0 Å². The van der Waals surface area contributed by atoms with E-state index in [9.17, 15) is 9.18 Å². The van der Waals surface area contributed by atoms with Crippen LogP contribution in [-0.2, 0) is 11.3 Å². The predicted molar refractivity (Wildman–Crippen MR) is 92.8 cm³/mol. The van der Waals surface area contributed by atoms with Gasteiger partial charge in [-0.15, -0.1) is 0 Å². The van der Waals surface area contributed by atoms with E-state index in [1.54, 1.807) is 17.7 Å². The van der Waals surface area contributed by atoms with Gasteiger partial charge in [-0.05, 0) is 26.0 Å². The van der Waals surface area contributed by atoms with Crippen molar-refractivity contribution >= 4 is 16.9 Å².